The van der Waals surface area contributed by atoms with Gasteiger partial charge in [0, 0.05) is 62.3 Å². The maximum absolute atomic E-state index is 12.3. The van der Waals surface area contributed by atoms with Crippen molar-refractivity contribution in [2.75, 3.05) is 44.2 Å². The first kappa shape index (κ1) is 18.9. The van der Waals surface area contributed by atoms with E-state index in [2.05, 4.69) is 49.5 Å². The first-order valence-electron chi connectivity index (χ1n) is 11.1. The largest absolute Gasteiger partial charge is 0.368 e. The van der Waals surface area contributed by atoms with Gasteiger partial charge in [-0.3, -0.25) is 9.69 Å². The summed E-state index contributed by atoms with van der Waals surface area (Å²) < 4.78 is 0. The predicted octanol–water partition coefficient (Wildman–Crippen LogP) is 1.58. The number of rotatable bonds is 4. The van der Waals surface area contributed by atoms with Crippen molar-refractivity contribution in [2.24, 2.45) is 11.8 Å². The molecule has 0 spiro atoms. The van der Waals surface area contributed by atoms with Crippen LogP contribution < -0.4 is 15.5 Å². The van der Waals surface area contributed by atoms with Crippen molar-refractivity contribution in [3.63, 3.8) is 0 Å². The fourth-order valence-corrected chi connectivity index (χ4v) is 5.33. The zero-order valence-electron chi connectivity index (χ0n) is 17.2. The van der Waals surface area contributed by atoms with E-state index >= 15 is 0 Å². The normalized spacial score (nSPS) is 30.9. The molecule has 4 unspecified atom stereocenters. The summed E-state index contributed by atoms with van der Waals surface area (Å²) in [7, 11) is 0. The highest BCUT2D eigenvalue weighted by Crippen LogP contribution is 2.27. The molecule has 3 N–H and O–H groups in total. The number of carbonyl (C=O) groups excluding carboxylic acids is 1. The Morgan fingerprint density at radius 2 is 2.03 bits per heavy atom. The molecular formula is C22H32N6O. The van der Waals surface area contributed by atoms with Crippen LogP contribution in [0.15, 0.2) is 24.5 Å². The number of nitrogens with zero attached hydrogens (tertiary/aromatic N) is 3. The molecule has 5 heterocycles. The lowest BCUT2D eigenvalue weighted by Crippen LogP contribution is -2.62. The lowest BCUT2D eigenvalue weighted by atomic mass is 9.80. The van der Waals surface area contributed by atoms with Crippen LogP contribution in [0.5, 0.6) is 0 Å². The lowest BCUT2D eigenvalue weighted by Gasteiger charge is -2.44. The van der Waals surface area contributed by atoms with Crippen LogP contribution in [0, 0.1) is 11.8 Å². The van der Waals surface area contributed by atoms with Crippen LogP contribution >= 0.6 is 0 Å². The molecule has 1 amide bonds. The number of pyridine rings is 1. The van der Waals surface area contributed by atoms with E-state index in [4.69, 9.17) is 0 Å². The summed E-state index contributed by atoms with van der Waals surface area (Å²) in [6, 6.07) is 5.08. The van der Waals surface area contributed by atoms with E-state index < -0.39 is 0 Å². The van der Waals surface area contributed by atoms with E-state index in [-0.39, 0.29) is 11.8 Å². The van der Waals surface area contributed by atoms with Gasteiger partial charge in [-0.05, 0) is 43.9 Å². The number of aromatic nitrogens is 2. The van der Waals surface area contributed by atoms with E-state index in [1.807, 2.05) is 12.4 Å². The van der Waals surface area contributed by atoms with Gasteiger partial charge in [-0.1, -0.05) is 6.92 Å². The standard InChI is InChI=1S/C22H32N6O/c1-2-16-11-19-20(26-22(16)29)9-15(12-24-19)14-27-5-7-28(8-6-27)18-10-17-3-4-23-21(17)25-13-18/h3-4,10,13,15-16,19-20,24H,2,5-9,11-12,14H2,1H3,(H,23,25)(H,26,29). The van der Waals surface area contributed by atoms with Crippen molar-refractivity contribution in [1.29, 1.82) is 0 Å². The summed E-state index contributed by atoms with van der Waals surface area (Å²) >= 11 is 0. The van der Waals surface area contributed by atoms with Gasteiger partial charge < -0.3 is 20.5 Å². The molecule has 2 aromatic rings. The summed E-state index contributed by atoms with van der Waals surface area (Å²) in [6.07, 6.45) is 6.97. The molecule has 0 aliphatic carbocycles. The number of piperazine rings is 1. The molecule has 0 aromatic carbocycles. The second-order valence-electron chi connectivity index (χ2n) is 8.97. The minimum Gasteiger partial charge on any atom is -0.368 e. The van der Waals surface area contributed by atoms with Crippen molar-refractivity contribution in [3.05, 3.63) is 24.5 Å². The fourth-order valence-electron chi connectivity index (χ4n) is 5.33. The highest BCUT2D eigenvalue weighted by Gasteiger charge is 2.39. The Morgan fingerprint density at radius 3 is 2.86 bits per heavy atom. The Balaban J connectivity index is 1.13. The quantitative estimate of drug-likeness (QED) is 0.732. The molecule has 2 aromatic heterocycles. The number of hydrogen-bond donors (Lipinski definition) is 3. The van der Waals surface area contributed by atoms with Crippen LogP contribution in [0.2, 0.25) is 0 Å². The highest BCUT2D eigenvalue weighted by molar-refractivity contribution is 5.80. The molecule has 29 heavy (non-hydrogen) atoms. The highest BCUT2D eigenvalue weighted by atomic mass is 16.2. The van der Waals surface area contributed by atoms with Crippen LogP contribution in [0.3, 0.4) is 0 Å². The Hall–Kier alpha value is -2.12. The third-order valence-corrected chi connectivity index (χ3v) is 7.11. The average molecular weight is 397 g/mol. The summed E-state index contributed by atoms with van der Waals surface area (Å²) in [4.78, 5) is 25.0. The van der Waals surface area contributed by atoms with Gasteiger partial charge in [0.1, 0.15) is 5.65 Å². The monoisotopic (exact) mass is 396 g/mol. The average Bonchev–Trinajstić information content (AvgIpc) is 3.21. The van der Waals surface area contributed by atoms with Crippen LogP contribution in [0.25, 0.3) is 11.0 Å². The molecule has 3 aliphatic rings. The Morgan fingerprint density at radius 1 is 1.17 bits per heavy atom. The number of piperidine rings is 2. The van der Waals surface area contributed by atoms with Crippen LogP contribution in [-0.4, -0.2) is 72.1 Å². The number of H-pyrrole nitrogens is 1. The minimum absolute atomic E-state index is 0.188. The van der Waals surface area contributed by atoms with E-state index in [0.717, 1.165) is 64.2 Å². The summed E-state index contributed by atoms with van der Waals surface area (Å²) in [5, 5.41) is 8.20. The maximum atomic E-state index is 12.3. The van der Waals surface area contributed by atoms with E-state index in [0.29, 0.717) is 18.0 Å². The summed E-state index contributed by atoms with van der Waals surface area (Å²) in [5.74, 6) is 1.06. The Bertz CT molecular complexity index is 858. The molecule has 7 nitrogen and oxygen atoms in total. The molecular weight excluding hydrogens is 364 g/mol. The molecule has 5 rings (SSSR count). The van der Waals surface area contributed by atoms with Crippen molar-refractivity contribution in [1.82, 2.24) is 25.5 Å². The van der Waals surface area contributed by atoms with Crippen LogP contribution in [0.1, 0.15) is 26.2 Å². The second kappa shape index (κ2) is 7.95. The molecule has 3 aliphatic heterocycles. The number of carbonyl (C=O) groups is 1. The number of hydrogen-bond acceptors (Lipinski definition) is 5. The van der Waals surface area contributed by atoms with Crippen molar-refractivity contribution in [3.8, 4) is 0 Å². The van der Waals surface area contributed by atoms with Gasteiger partial charge in [0.2, 0.25) is 5.91 Å². The smallest absolute Gasteiger partial charge is 0.223 e. The third kappa shape index (κ3) is 3.85. The van der Waals surface area contributed by atoms with Crippen LogP contribution in [-0.2, 0) is 4.79 Å². The number of amides is 1. The molecule has 3 saturated heterocycles. The first-order valence-corrected chi connectivity index (χ1v) is 11.1. The third-order valence-electron chi connectivity index (χ3n) is 7.11. The Labute approximate surface area is 172 Å². The molecule has 4 atom stereocenters. The zero-order chi connectivity index (χ0) is 19.8. The van der Waals surface area contributed by atoms with Gasteiger partial charge in [0.05, 0.1) is 11.9 Å². The summed E-state index contributed by atoms with van der Waals surface area (Å²) in [5.41, 5.74) is 2.17. The van der Waals surface area contributed by atoms with Crippen LogP contribution in [0.4, 0.5) is 5.69 Å². The molecule has 0 bridgehead atoms. The van der Waals surface area contributed by atoms with E-state index in [1.54, 1.807) is 0 Å². The SMILES string of the molecule is CCC1CC2NCC(CN3CCN(c4cnc5[nH]ccc5c4)CC3)CC2NC1=O. The minimum atomic E-state index is 0.188. The van der Waals surface area contributed by atoms with Gasteiger partial charge >= 0.3 is 0 Å². The molecule has 3 fully saturated rings. The van der Waals surface area contributed by atoms with Gasteiger partial charge in [0.25, 0.3) is 0 Å². The van der Waals surface area contributed by atoms with E-state index in [1.165, 1.54) is 11.1 Å². The number of fused-ring (bicyclic) bond motifs is 2. The topological polar surface area (TPSA) is 76.3 Å². The molecule has 0 saturated carbocycles. The number of anilines is 1. The molecule has 156 valence electrons. The predicted molar refractivity (Wildman–Crippen MR) is 115 cm³/mol. The second-order valence-corrected chi connectivity index (χ2v) is 8.97. The number of aromatic amines is 1. The molecule has 7 heteroatoms. The van der Waals surface area contributed by atoms with Gasteiger partial charge in [-0.2, -0.15) is 0 Å². The summed E-state index contributed by atoms with van der Waals surface area (Å²) in [6.45, 7) is 8.55. The van der Waals surface area contributed by atoms with Gasteiger partial charge in [0.15, 0.2) is 0 Å². The van der Waals surface area contributed by atoms with Gasteiger partial charge in [-0.25, -0.2) is 4.98 Å². The number of nitrogens with one attached hydrogen (secondary N) is 3. The van der Waals surface area contributed by atoms with Gasteiger partial charge in [-0.15, -0.1) is 0 Å². The van der Waals surface area contributed by atoms with Crippen molar-refractivity contribution < 1.29 is 4.79 Å². The first-order chi connectivity index (χ1) is 14.2. The van der Waals surface area contributed by atoms with Crippen molar-refractivity contribution in [2.45, 2.75) is 38.3 Å². The molecule has 0 radical (unpaired) electrons. The lowest BCUT2D eigenvalue weighted by molar-refractivity contribution is -0.129. The maximum Gasteiger partial charge on any atom is 0.223 e. The van der Waals surface area contributed by atoms with Crippen molar-refractivity contribution >= 4 is 22.6 Å². The Kier molecular flexibility index (Phi) is 5.18. The zero-order valence-corrected chi connectivity index (χ0v) is 17.2. The fraction of sp³-hybridized carbons (Fsp3) is 0.636. The van der Waals surface area contributed by atoms with E-state index in [9.17, 15) is 4.79 Å².